The molecule has 0 saturated carbocycles. The van der Waals surface area contributed by atoms with Crippen LogP contribution in [-0.4, -0.2) is 53.7 Å². The van der Waals surface area contributed by atoms with E-state index in [0.717, 1.165) is 11.1 Å². The molecule has 1 aromatic heterocycles. The first-order chi connectivity index (χ1) is 11.3. The van der Waals surface area contributed by atoms with E-state index < -0.39 is 0 Å². The predicted octanol–water partition coefficient (Wildman–Crippen LogP) is 2.42. The highest BCUT2D eigenvalue weighted by atomic mass is 16.6. The highest BCUT2D eigenvalue weighted by Crippen LogP contribution is 2.19. The molecule has 0 atom stereocenters. The molecule has 1 aliphatic rings. The molecule has 0 unspecified atom stereocenters. The van der Waals surface area contributed by atoms with Crippen molar-refractivity contribution in [2.45, 2.75) is 6.92 Å². The van der Waals surface area contributed by atoms with Gasteiger partial charge in [-0.05, 0) is 12.5 Å². The molecule has 23 heavy (non-hydrogen) atoms. The van der Waals surface area contributed by atoms with Gasteiger partial charge < -0.3 is 14.5 Å². The molecule has 0 radical (unpaired) electrons. The average Bonchev–Trinajstić information content (AvgIpc) is 2.63. The van der Waals surface area contributed by atoms with Crippen molar-refractivity contribution < 1.29 is 9.53 Å². The maximum Gasteiger partial charge on any atom is 0.409 e. The number of aromatic nitrogens is 2. The summed E-state index contributed by atoms with van der Waals surface area (Å²) in [5.41, 5.74) is 2.10. The van der Waals surface area contributed by atoms with E-state index in [4.69, 9.17) is 4.74 Å². The van der Waals surface area contributed by atoms with Gasteiger partial charge in [0.15, 0.2) is 0 Å². The summed E-state index contributed by atoms with van der Waals surface area (Å²) in [6.07, 6.45) is 3.44. The molecule has 6 nitrogen and oxygen atoms in total. The van der Waals surface area contributed by atoms with Crippen LogP contribution in [0, 0.1) is 0 Å². The van der Waals surface area contributed by atoms with Crippen LogP contribution in [0.2, 0.25) is 0 Å². The van der Waals surface area contributed by atoms with Crippen LogP contribution in [-0.2, 0) is 4.74 Å². The highest BCUT2D eigenvalue weighted by Gasteiger charge is 2.23. The van der Waals surface area contributed by atoms with Gasteiger partial charge in [0.2, 0.25) is 5.95 Å². The third kappa shape index (κ3) is 3.59. The summed E-state index contributed by atoms with van der Waals surface area (Å²) in [4.78, 5) is 24.4. The number of ether oxygens (including phenoxy) is 1. The van der Waals surface area contributed by atoms with Crippen molar-refractivity contribution in [3.8, 4) is 11.1 Å². The Labute approximate surface area is 135 Å². The van der Waals surface area contributed by atoms with Gasteiger partial charge in [0.25, 0.3) is 0 Å². The molecule has 2 heterocycles. The Hall–Kier alpha value is -2.63. The minimum absolute atomic E-state index is 0.243. The number of benzene rings is 1. The number of hydrogen-bond donors (Lipinski definition) is 0. The lowest BCUT2D eigenvalue weighted by atomic mass is 10.1. The topological polar surface area (TPSA) is 58.6 Å². The molecule has 0 bridgehead atoms. The van der Waals surface area contributed by atoms with Crippen molar-refractivity contribution in [3.63, 3.8) is 0 Å². The Balaban J connectivity index is 1.62. The fourth-order valence-electron chi connectivity index (χ4n) is 2.57. The maximum atomic E-state index is 11.7. The lowest BCUT2D eigenvalue weighted by Gasteiger charge is -2.33. The molecular weight excluding hydrogens is 292 g/mol. The molecular formula is C17H20N4O2. The third-order valence-electron chi connectivity index (χ3n) is 3.83. The summed E-state index contributed by atoms with van der Waals surface area (Å²) >= 11 is 0. The fourth-order valence-corrected chi connectivity index (χ4v) is 2.57. The van der Waals surface area contributed by atoms with Crippen LogP contribution in [0.3, 0.4) is 0 Å². The van der Waals surface area contributed by atoms with Gasteiger partial charge in [-0.2, -0.15) is 0 Å². The zero-order valence-corrected chi connectivity index (χ0v) is 13.2. The van der Waals surface area contributed by atoms with E-state index in [1.165, 1.54) is 0 Å². The van der Waals surface area contributed by atoms with Crippen molar-refractivity contribution in [3.05, 3.63) is 42.7 Å². The highest BCUT2D eigenvalue weighted by molar-refractivity contribution is 5.68. The minimum Gasteiger partial charge on any atom is -0.450 e. The summed E-state index contributed by atoms with van der Waals surface area (Å²) in [7, 11) is 0. The Morgan fingerprint density at radius 2 is 1.70 bits per heavy atom. The van der Waals surface area contributed by atoms with Crippen LogP contribution < -0.4 is 4.90 Å². The molecule has 6 heteroatoms. The van der Waals surface area contributed by atoms with E-state index >= 15 is 0 Å². The smallest absolute Gasteiger partial charge is 0.409 e. The van der Waals surface area contributed by atoms with Gasteiger partial charge in [-0.1, -0.05) is 30.3 Å². The molecule has 3 rings (SSSR count). The molecule has 1 saturated heterocycles. The van der Waals surface area contributed by atoms with Crippen molar-refractivity contribution in [1.82, 2.24) is 14.9 Å². The Kier molecular flexibility index (Phi) is 4.71. The second-order valence-corrected chi connectivity index (χ2v) is 5.31. The van der Waals surface area contributed by atoms with Gasteiger partial charge in [-0.3, -0.25) is 0 Å². The Bertz CT molecular complexity index is 637. The summed E-state index contributed by atoms with van der Waals surface area (Å²) in [5, 5.41) is 0. The van der Waals surface area contributed by atoms with E-state index in [-0.39, 0.29) is 6.09 Å². The molecule has 1 fully saturated rings. The van der Waals surface area contributed by atoms with E-state index in [1.54, 1.807) is 4.90 Å². The monoisotopic (exact) mass is 312 g/mol. The quantitative estimate of drug-likeness (QED) is 0.871. The molecule has 1 aromatic carbocycles. The van der Waals surface area contributed by atoms with E-state index in [9.17, 15) is 4.79 Å². The maximum absolute atomic E-state index is 11.7. The van der Waals surface area contributed by atoms with Crippen LogP contribution in [0.15, 0.2) is 42.7 Å². The number of nitrogens with zero attached hydrogens (tertiary/aromatic N) is 4. The number of carbonyl (C=O) groups excluding carboxylic acids is 1. The van der Waals surface area contributed by atoms with Crippen molar-refractivity contribution in [2.24, 2.45) is 0 Å². The van der Waals surface area contributed by atoms with Crippen molar-refractivity contribution in [1.29, 1.82) is 0 Å². The summed E-state index contributed by atoms with van der Waals surface area (Å²) in [6, 6.07) is 10.1. The van der Waals surface area contributed by atoms with Gasteiger partial charge in [-0.25, -0.2) is 14.8 Å². The summed E-state index contributed by atoms with van der Waals surface area (Å²) < 4.78 is 5.02. The molecule has 0 aliphatic carbocycles. The number of carbonyl (C=O) groups is 1. The van der Waals surface area contributed by atoms with Gasteiger partial charge in [0.05, 0.1) is 6.61 Å². The summed E-state index contributed by atoms with van der Waals surface area (Å²) in [5.74, 6) is 0.702. The normalized spacial score (nSPS) is 14.7. The van der Waals surface area contributed by atoms with Gasteiger partial charge in [0.1, 0.15) is 0 Å². The van der Waals surface area contributed by atoms with Crippen molar-refractivity contribution >= 4 is 12.0 Å². The molecule has 0 spiro atoms. The summed E-state index contributed by atoms with van der Waals surface area (Å²) in [6.45, 7) is 4.90. The minimum atomic E-state index is -0.243. The van der Waals surface area contributed by atoms with E-state index in [2.05, 4.69) is 14.9 Å². The average molecular weight is 312 g/mol. The molecule has 120 valence electrons. The van der Waals surface area contributed by atoms with Crippen LogP contribution in [0.25, 0.3) is 11.1 Å². The van der Waals surface area contributed by atoms with Gasteiger partial charge in [-0.15, -0.1) is 0 Å². The Morgan fingerprint density at radius 3 is 2.30 bits per heavy atom. The molecule has 2 aromatic rings. The fraction of sp³-hybridized carbons (Fsp3) is 0.353. The van der Waals surface area contributed by atoms with Crippen LogP contribution in [0.1, 0.15) is 6.92 Å². The van der Waals surface area contributed by atoms with Crippen LogP contribution in [0.4, 0.5) is 10.7 Å². The first-order valence-corrected chi connectivity index (χ1v) is 7.82. The first kappa shape index (κ1) is 15.3. The number of piperazine rings is 1. The van der Waals surface area contributed by atoms with E-state index in [0.29, 0.717) is 38.7 Å². The second kappa shape index (κ2) is 7.09. The number of hydrogen-bond acceptors (Lipinski definition) is 5. The lowest BCUT2D eigenvalue weighted by Crippen LogP contribution is -2.49. The number of rotatable bonds is 3. The second-order valence-electron chi connectivity index (χ2n) is 5.31. The van der Waals surface area contributed by atoms with Gasteiger partial charge >= 0.3 is 6.09 Å². The van der Waals surface area contributed by atoms with Crippen LogP contribution in [0.5, 0.6) is 0 Å². The van der Waals surface area contributed by atoms with Gasteiger partial charge in [0, 0.05) is 44.1 Å². The van der Waals surface area contributed by atoms with Crippen LogP contribution >= 0.6 is 0 Å². The SMILES string of the molecule is CCOC(=O)N1CCN(c2ncc(-c3ccccc3)cn2)CC1. The third-order valence-corrected chi connectivity index (χ3v) is 3.83. The lowest BCUT2D eigenvalue weighted by molar-refractivity contribution is 0.105. The first-order valence-electron chi connectivity index (χ1n) is 7.82. The molecule has 1 aliphatic heterocycles. The predicted molar refractivity (Wildman–Crippen MR) is 88.3 cm³/mol. The van der Waals surface area contributed by atoms with Crippen molar-refractivity contribution in [2.75, 3.05) is 37.7 Å². The molecule has 1 amide bonds. The number of anilines is 1. The number of amides is 1. The zero-order valence-electron chi connectivity index (χ0n) is 13.2. The molecule has 0 N–H and O–H groups in total. The zero-order chi connectivity index (χ0) is 16.1. The largest absolute Gasteiger partial charge is 0.450 e. The van der Waals surface area contributed by atoms with E-state index in [1.807, 2.05) is 49.6 Å². The Morgan fingerprint density at radius 1 is 1.04 bits per heavy atom. The standard InChI is InChI=1S/C17H20N4O2/c1-2-23-17(22)21-10-8-20(9-11-21)16-18-12-15(13-19-16)14-6-4-3-5-7-14/h3-7,12-13H,2,8-11H2,1H3.